The van der Waals surface area contributed by atoms with Gasteiger partial charge in [-0.05, 0) is 25.7 Å². The quantitative estimate of drug-likeness (QED) is 0.899. The molecule has 2 aromatic rings. The van der Waals surface area contributed by atoms with Gasteiger partial charge in [0.05, 0.1) is 18.6 Å². The van der Waals surface area contributed by atoms with Gasteiger partial charge in [0, 0.05) is 24.3 Å². The lowest BCUT2D eigenvalue weighted by Crippen LogP contribution is -2.10. The molecular weight excluding hydrogens is 234 g/mol. The maximum absolute atomic E-state index is 4.49. The lowest BCUT2D eigenvalue weighted by molar-refractivity contribution is 0.625. The van der Waals surface area contributed by atoms with E-state index in [1.54, 1.807) is 0 Å². The first-order valence-corrected chi connectivity index (χ1v) is 6.67. The highest BCUT2D eigenvalue weighted by molar-refractivity contribution is 7.10. The summed E-state index contributed by atoms with van der Waals surface area (Å²) < 4.78 is 6.20. The zero-order valence-corrected chi connectivity index (χ0v) is 10.6. The first-order chi connectivity index (χ1) is 8.38. The molecule has 3 rings (SSSR count). The molecule has 2 heterocycles. The number of nitrogens with zero attached hydrogens (tertiary/aromatic N) is 4. The van der Waals surface area contributed by atoms with Crippen LogP contribution < -0.4 is 5.32 Å². The molecule has 0 fully saturated rings. The summed E-state index contributed by atoms with van der Waals surface area (Å²) >= 11 is 1.40. The summed E-state index contributed by atoms with van der Waals surface area (Å²) in [6.07, 6.45) is 6.74. The first-order valence-electron chi connectivity index (χ1n) is 5.90. The fourth-order valence-corrected chi connectivity index (χ4v) is 2.85. The van der Waals surface area contributed by atoms with Crippen molar-refractivity contribution in [3.63, 3.8) is 0 Å². The van der Waals surface area contributed by atoms with Crippen LogP contribution >= 0.6 is 11.5 Å². The smallest absolute Gasteiger partial charge is 0.134 e. The van der Waals surface area contributed by atoms with E-state index in [0.717, 1.165) is 30.1 Å². The van der Waals surface area contributed by atoms with Crippen LogP contribution in [0.5, 0.6) is 0 Å². The van der Waals surface area contributed by atoms with E-state index in [1.165, 1.54) is 35.8 Å². The minimum Gasteiger partial charge on any atom is -0.377 e. The molecule has 0 spiro atoms. The molecule has 5 nitrogen and oxygen atoms in total. The molecule has 1 N–H and O–H groups in total. The van der Waals surface area contributed by atoms with Crippen molar-refractivity contribution in [2.75, 3.05) is 12.4 Å². The average Bonchev–Trinajstić information content (AvgIpc) is 2.97. The predicted octanol–water partition coefficient (Wildman–Crippen LogP) is 1.70. The third-order valence-corrected chi connectivity index (χ3v) is 4.00. The van der Waals surface area contributed by atoms with Crippen LogP contribution in [0.4, 0.5) is 5.00 Å². The van der Waals surface area contributed by atoms with E-state index in [0.29, 0.717) is 0 Å². The molecular formula is C11H15N5S. The van der Waals surface area contributed by atoms with Gasteiger partial charge in [-0.1, -0.05) is 4.49 Å². The molecule has 0 radical (unpaired) electrons. The molecule has 0 saturated heterocycles. The number of imidazole rings is 1. The monoisotopic (exact) mass is 249 g/mol. The molecule has 1 aliphatic rings. The van der Waals surface area contributed by atoms with Crippen LogP contribution in [0.15, 0.2) is 6.33 Å². The van der Waals surface area contributed by atoms with Crippen molar-refractivity contribution < 1.29 is 0 Å². The van der Waals surface area contributed by atoms with Crippen molar-refractivity contribution in [2.45, 2.75) is 32.2 Å². The van der Waals surface area contributed by atoms with Gasteiger partial charge in [-0.25, -0.2) is 4.98 Å². The fourth-order valence-electron chi connectivity index (χ4n) is 2.33. The number of anilines is 1. The van der Waals surface area contributed by atoms with Crippen molar-refractivity contribution in [1.29, 1.82) is 0 Å². The summed E-state index contributed by atoms with van der Waals surface area (Å²) in [4.78, 5) is 4.49. The van der Waals surface area contributed by atoms with E-state index in [4.69, 9.17) is 0 Å². The summed E-state index contributed by atoms with van der Waals surface area (Å²) in [5.74, 6) is 0. The topological polar surface area (TPSA) is 55.6 Å². The second-order valence-electron chi connectivity index (χ2n) is 4.27. The molecule has 0 aromatic carbocycles. The van der Waals surface area contributed by atoms with Gasteiger partial charge in [0.1, 0.15) is 10.7 Å². The zero-order chi connectivity index (χ0) is 11.7. The third-order valence-electron chi connectivity index (χ3n) is 3.21. The van der Waals surface area contributed by atoms with Gasteiger partial charge in [0.15, 0.2) is 0 Å². The second-order valence-corrected chi connectivity index (χ2v) is 5.03. The van der Waals surface area contributed by atoms with Crippen LogP contribution in [0.1, 0.15) is 29.9 Å². The minimum absolute atomic E-state index is 0.773. The van der Waals surface area contributed by atoms with Crippen molar-refractivity contribution in [3.8, 4) is 0 Å². The van der Waals surface area contributed by atoms with Gasteiger partial charge in [0.25, 0.3) is 0 Å². The number of aromatic nitrogens is 4. The Balaban J connectivity index is 1.88. The van der Waals surface area contributed by atoms with E-state index in [9.17, 15) is 0 Å². The Labute approximate surface area is 104 Å². The van der Waals surface area contributed by atoms with Crippen LogP contribution in [-0.4, -0.2) is 26.2 Å². The molecule has 0 atom stereocenters. The molecule has 2 aromatic heterocycles. The van der Waals surface area contributed by atoms with Gasteiger partial charge >= 0.3 is 0 Å². The van der Waals surface area contributed by atoms with E-state index in [1.807, 2.05) is 13.4 Å². The summed E-state index contributed by atoms with van der Waals surface area (Å²) in [6, 6.07) is 0. The Kier molecular flexibility index (Phi) is 2.80. The molecule has 17 heavy (non-hydrogen) atoms. The lowest BCUT2D eigenvalue weighted by Gasteiger charge is -2.13. The average molecular weight is 249 g/mol. The van der Waals surface area contributed by atoms with E-state index >= 15 is 0 Å². The van der Waals surface area contributed by atoms with Crippen molar-refractivity contribution in [2.24, 2.45) is 0 Å². The number of rotatable bonds is 3. The van der Waals surface area contributed by atoms with Crippen molar-refractivity contribution in [3.05, 3.63) is 23.4 Å². The van der Waals surface area contributed by atoms with Crippen LogP contribution in [0.2, 0.25) is 0 Å². The second kappa shape index (κ2) is 4.44. The molecule has 90 valence electrons. The highest BCUT2D eigenvalue weighted by atomic mass is 32.1. The number of fused-ring (bicyclic) bond motifs is 1. The van der Waals surface area contributed by atoms with E-state index in [2.05, 4.69) is 24.5 Å². The minimum atomic E-state index is 0.773. The van der Waals surface area contributed by atoms with Crippen LogP contribution in [0, 0.1) is 0 Å². The Hall–Kier alpha value is -1.43. The Bertz CT molecular complexity index is 516. The molecule has 1 aliphatic carbocycles. The van der Waals surface area contributed by atoms with Crippen LogP contribution in [0.25, 0.3) is 0 Å². The first kappa shape index (κ1) is 10.7. The maximum atomic E-state index is 4.49. The number of hydrogen-bond donors (Lipinski definition) is 1. The van der Waals surface area contributed by atoms with Crippen LogP contribution in [0.3, 0.4) is 0 Å². The van der Waals surface area contributed by atoms with E-state index in [-0.39, 0.29) is 0 Å². The standard InChI is InChI=1S/C11H15N5S/c1-12-11-9(14-15-17-11)6-16-7-13-8-4-2-3-5-10(8)16/h7,12H,2-6H2,1H3. The van der Waals surface area contributed by atoms with Crippen molar-refractivity contribution in [1.82, 2.24) is 19.1 Å². The number of aryl methyl sites for hydroxylation is 1. The third kappa shape index (κ3) is 1.93. The Morgan fingerprint density at radius 2 is 2.29 bits per heavy atom. The molecule has 0 saturated carbocycles. The molecule has 0 unspecified atom stereocenters. The Morgan fingerprint density at radius 3 is 3.18 bits per heavy atom. The number of hydrogen-bond acceptors (Lipinski definition) is 5. The molecule has 0 aliphatic heterocycles. The Morgan fingerprint density at radius 1 is 1.41 bits per heavy atom. The normalized spacial score (nSPS) is 14.6. The summed E-state index contributed by atoms with van der Waals surface area (Å²) in [5, 5.41) is 8.34. The largest absolute Gasteiger partial charge is 0.377 e. The molecule has 0 amide bonds. The predicted molar refractivity (Wildman–Crippen MR) is 67.4 cm³/mol. The maximum Gasteiger partial charge on any atom is 0.134 e. The molecule has 0 bridgehead atoms. The molecule has 6 heteroatoms. The van der Waals surface area contributed by atoms with Gasteiger partial charge in [0.2, 0.25) is 0 Å². The van der Waals surface area contributed by atoms with Gasteiger partial charge in [-0.15, -0.1) is 5.10 Å². The highest BCUT2D eigenvalue weighted by Gasteiger charge is 2.16. The van der Waals surface area contributed by atoms with Gasteiger partial charge in [-0.2, -0.15) is 0 Å². The highest BCUT2D eigenvalue weighted by Crippen LogP contribution is 2.23. The van der Waals surface area contributed by atoms with E-state index < -0.39 is 0 Å². The zero-order valence-electron chi connectivity index (χ0n) is 9.81. The van der Waals surface area contributed by atoms with Gasteiger partial charge in [-0.3, -0.25) is 0 Å². The summed E-state index contributed by atoms with van der Waals surface area (Å²) in [6.45, 7) is 0.773. The fraction of sp³-hybridized carbons (Fsp3) is 0.545. The van der Waals surface area contributed by atoms with Gasteiger partial charge < -0.3 is 9.88 Å². The SMILES string of the molecule is CNc1snnc1Cn1cnc2c1CCCC2. The lowest BCUT2D eigenvalue weighted by atomic mass is 10.0. The summed E-state index contributed by atoms with van der Waals surface area (Å²) in [5.41, 5.74) is 3.65. The summed E-state index contributed by atoms with van der Waals surface area (Å²) in [7, 11) is 1.90. The van der Waals surface area contributed by atoms with Crippen LogP contribution in [-0.2, 0) is 19.4 Å². The van der Waals surface area contributed by atoms with Crippen molar-refractivity contribution >= 4 is 16.5 Å². The number of nitrogens with one attached hydrogen (secondary N) is 1.